The molecular formula is C19H18N4O3S. The van der Waals surface area contributed by atoms with Crippen LogP contribution in [0.25, 0.3) is 0 Å². The number of nitrogens with zero attached hydrogens (tertiary/aromatic N) is 3. The predicted octanol–water partition coefficient (Wildman–Crippen LogP) is 4.40. The minimum absolute atomic E-state index is 0.0505. The number of carbonyl (C=O) groups is 1. The molecule has 2 aromatic carbocycles. The summed E-state index contributed by atoms with van der Waals surface area (Å²) in [4.78, 5) is 30.0. The summed E-state index contributed by atoms with van der Waals surface area (Å²) in [6.07, 6.45) is 0. The van der Waals surface area contributed by atoms with Gasteiger partial charge in [0.2, 0.25) is 5.78 Å². The van der Waals surface area contributed by atoms with Gasteiger partial charge in [0.25, 0.3) is 5.69 Å². The number of benzene rings is 2. The SMILES string of the molecule is Cc1ccc(Nc2nc(N(C)C)c(C(=O)c3ccc([N+](=O)[O-])cc3)s2)cc1. The molecule has 8 heteroatoms. The molecule has 0 aliphatic heterocycles. The van der Waals surface area contributed by atoms with E-state index in [1.54, 1.807) is 4.90 Å². The third-order valence-corrected chi connectivity index (χ3v) is 4.84. The van der Waals surface area contributed by atoms with Crippen LogP contribution >= 0.6 is 11.3 Å². The second kappa shape index (κ2) is 7.55. The number of anilines is 3. The maximum absolute atomic E-state index is 12.9. The second-order valence-electron chi connectivity index (χ2n) is 6.19. The minimum atomic E-state index is -0.490. The van der Waals surface area contributed by atoms with Crippen LogP contribution in [0.1, 0.15) is 20.8 Å². The lowest BCUT2D eigenvalue weighted by Gasteiger charge is -2.10. The minimum Gasteiger partial charge on any atom is -0.361 e. The molecule has 1 aromatic heterocycles. The van der Waals surface area contributed by atoms with Crippen molar-refractivity contribution in [2.45, 2.75) is 6.92 Å². The normalized spacial score (nSPS) is 10.5. The number of ketones is 1. The van der Waals surface area contributed by atoms with Gasteiger partial charge in [0.05, 0.1) is 4.92 Å². The molecule has 0 saturated carbocycles. The van der Waals surface area contributed by atoms with E-state index in [1.165, 1.54) is 35.6 Å². The molecule has 0 amide bonds. The van der Waals surface area contributed by atoms with Crippen LogP contribution in [-0.2, 0) is 0 Å². The Kier molecular flexibility index (Phi) is 5.18. The number of nitro benzene ring substituents is 1. The van der Waals surface area contributed by atoms with E-state index in [-0.39, 0.29) is 11.5 Å². The highest BCUT2D eigenvalue weighted by Crippen LogP contribution is 2.33. The van der Waals surface area contributed by atoms with Crippen molar-refractivity contribution in [2.75, 3.05) is 24.3 Å². The van der Waals surface area contributed by atoms with E-state index in [9.17, 15) is 14.9 Å². The van der Waals surface area contributed by atoms with Gasteiger partial charge in [-0.25, -0.2) is 4.98 Å². The Morgan fingerprint density at radius 1 is 1.11 bits per heavy atom. The van der Waals surface area contributed by atoms with E-state index in [4.69, 9.17) is 0 Å². The molecule has 0 unspecified atom stereocenters. The number of hydrogen-bond acceptors (Lipinski definition) is 7. The third kappa shape index (κ3) is 4.12. The summed E-state index contributed by atoms with van der Waals surface area (Å²) in [5, 5.41) is 14.6. The van der Waals surface area contributed by atoms with Crippen LogP contribution in [0.5, 0.6) is 0 Å². The summed E-state index contributed by atoms with van der Waals surface area (Å²) in [5.74, 6) is 0.334. The molecule has 0 radical (unpaired) electrons. The Morgan fingerprint density at radius 2 is 1.74 bits per heavy atom. The number of nitrogens with one attached hydrogen (secondary N) is 1. The van der Waals surface area contributed by atoms with Gasteiger partial charge < -0.3 is 10.2 Å². The number of nitro groups is 1. The zero-order chi connectivity index (χ0) is 19.6. The highest BCUT2D eigenvalue weighted by atomic mass is 32.1. The first-order chi connectivity index (χ1) is 12.8. The van der Waals surface area contributed by atoms with Crippen LogP contribution in [0.3, 0.4) is 0 Å². The van der Waals surface area contributed by atoms with Gasteiger partial charge in [0.1, 0.15) is 4.88 Å². The van der Waals surface area contributed by atoms with E-state index in [0.29, 0.717) is 21.4 Å². The number of aryl methyl sites for hydroxylation is 1. The number of carbonyl (C=O) groups excluding carboxylic acids is 1. The number of rotatable bonds is 6. The molecule has 27 heavy (non-hydrogen) atoms. The van der Waals surface area contributed by atoms with Crippen LogP contribution in [0.2, 0.25) is 0 Å². The third-order valence-electron chi connectivity index (χ3n) is 3.88. The van der Waals surface area contributed by atoms with Gasteiger partial charge in [-0.1, -0.05) is 29.0 Å². The highest BCUT2D eigenvalue weighted by molar-refractivity contribution is 7.18. The Bertz CT molecular complexity index is 979. The number of hydrogen-bond donors (Lipinski definition) is 1. The molecule has 0 spiro atoms. The molecule has 0 aliphatic carbocycles. The maximum atomic E-state index is 12.9. The summed E-state index contributed by atoms with van der Waals surface area (Å²) >= 11 is 1.25. The lowest BCUT2D eigenvalue weighted by molar-refractivity contribution is -0.384. The van der Waals surface area contributed by atoms with Gasteiger partial charge >= 0.3 is 0 Å². The van der Waals surface area contributed by atoms with Crippen molar-refractivity contribution < 1.29 is 9.72 Å². The highest BCUT2D eigenvalue weighted by Gasteiger charge is 2.22. The molecule has 0 saturated heterocycles. The van der Waals surface area contributed by atoms with Crippen LogP contribution < -0.4 is 10.2 Å². The molecule has 1 heterocycles. The largest absolute Gasteiger partial charge is 0.361 e. The lowest BCUT2D eigenvalue weighted by atomic mass is 10.1. The van der Waals surface area contributed by atoms with Crippen molar-refractivity contribution in [1.82, 2.24) is 4.98 Å². The van der Waals surface area contributed by atoms with Gasteiger partial charge in [-0.2, -0.15) is 0 Å². The molecule has 0 aliphatic rings. The predicted molar refractivity (Wildman–Crippen MR) is 107 cm³/mol. The monoisotopic (exact) mass is 382 g/mol. The van der Waals surface area contributed by atoms with Crippen molar-refractivity contribution in [3.05, 3.63) is 74.6 Å². The van der Waals surface area contributed by atoms with E-state index < -0.39 is 4.92 Å². The van der Waals surface area contributed by atoms with E-state index >= 15 is 0 Å². The number of non-ortho nitro benzene ring substituents is 1. The molecule has 1 N–H and O–H groups in total. The van der Waals surface area contributed by atoms with Crippen LogP contribution in [0, 0.1) is 17.0 Å². The molecule has 0 fully saturated rings. The average molecular weight is 382 g/mol. The summed E-state index contributed by atoms with van der Waals surface area (Å²) in [5.41, 5.74) is 2.37. The summed E-state index contributed by atoms with van der Waals surface area (Å²) in [6, 6.07) is 13.5. The molecule has 0 bridgehead atoms. The molecule has 7 nitrogen and oxygen atoms in total. The fourth-order valence-corrected chi connectivity index (χ4v) is 3.47. The fraction of sp³-hybridized carbons (Fsp3) is 0.158. The van der Waals surface area contributed by atoms with Crippen molar-refractivity contribution in [2.24, 2.45) is 0 Å². The van der Waals surface area contributed by atoms with Crippen molar-refractivity contribution in [3.8, 4) is 0 Å². The van der Waals surface area contributed by atoms with E-state index in [0.717, 1.165) is 11.3 Å². The van der Waals surface area contributed by atoms with Gasteiger partial charge in [0.15, 0.2) is 10.9 Å². The first-order valence-electron chi connectivity index (χ1n) is 8.16. The van der Waals surface area contributed by atoms with Gasteiger partial charge in [-0.3, -0.25) is 14.9 Å². The fourth-order valence-electron chi connectivity index (χ4n) is 2.44. The Balaban J connectivity index is 1.91. The van der Waals surface area contributed by atoms with Gasteiger partial charge in [-0.15, -0.1) is 0 Å². The lowest BCUT2D eigenvalue weighted by Crippen LogP contribution is -2.13. The Hall–Kier alpha value is -3.26. The second-order valence-corrected chi connectivity index (χ2v) is 7.19. The first-order valence-corrected chi connectivity index (χ1v) is 8.98. The van der Waals surface area contributed by atoms with Crippen molar-refractivity contribution in [1.29, 1.82) is 0 Å². The summed E-state index contributed by atoms with van der Waals surface area (Å²) in [6.45, 7) is 2.01. The van der Waals surface area contributed by atoms with Gasteiger partial charge in [-0.05, 0) is 31.2 Å². The molecular weight excluding hydrogens is 364 g/mol. The quantitative estimate of drug-likeness (QED) is 0.386. The Labute approximate surface area is 160 Å². The molecule has 3 aromatic rings. The zero-order valence-corrected chi connectivity index (χ0v) is 15.9. The molecule has 3 rings (SSSR count). The molecule has 0 atom stereocenters. The maximum Gasteiger partial charge on any atom is 0.269 e. The average Bonchev–Trinajstić information content (AvgIpc) is 3.07. The molecule has 138 valence electrons. The zero-order valence-electron chi connectivity index (χ0n) is 15.1. The van der Waals surface area contributed by atoms with Gasteiger partial charge in [0, 0.05) is 37.5 Å². The summed E-state index contributed by atoms with van der Waals surface area (Å²) < 4.78 is 0. The number of thiazole rings is 1. The van der Waals surface area contributed by atoms with Crippen LogP contribution in [-0.4, -0.2) is 29.8 Å². The van der Waals surface area contributed by atoms with Crippen molar-refractivity contribution in [3.63, 3.8) is 0 Å². The van der Waals surface area contributed by atoms with Crippen LogP contribution in [0.15, 0.2) is 48.5 Å². The van der Waals surface area contributed by atoms with Crippen molar-refractivity contribution >= 4 is 39.4 Å². The first kappa shape index (κ1) is 18.5. The topological polar surface area (TPSA) is 88.4 Å². The summed E-state index contributed by atoms with van der Waals surface area (Å²) in [7, 11) is 3.63. The smallest absolute Gasteiger partial charge is 0.269 e. The van der Waals surface area contributed by atoms with E-state index in [2.05, 4.69) is 10.3 Å². The van der Waals surface area contributed by atoms with E-state index in [1.807, 2.05) is 45.3 Å². The number of aromatic nitrogens is 1. The van der Waals surface area contributed by atoms with Crippen LogP contribution in [0.4, 0.5) is 22.3 Å². The standard InChI is InChI=1S/C19H18N4O3S/c1-12-4-8-14(9-5-12)20-19-21-18(22(2)3)17(27-19)16(24)13-6-10-15(11-7-13)23(25)26/h4-11H,1-3H3,(H,20,21). The Morgan fingerprint density at radius 3 is 2.30 bits per heavy atom.